The minimum Gasteiger partial charge on any atom is -0.373 e. The monoisotopic (exact) mass is 214 g/mol. The minimum atomic E-state index is -0.0786. The lowest BCUT2D eigenvalue weighted by Crippen LogP contribution is -2.45. The van der Waals surface area contributed by atoms with E-state index in [1.165, 1.54) is 0 Å². The van der Waals surface area contributed by atoms with E-state index in [0.29, 0.717) is 19.6 Å². The lowest BCUT2D eigenvalue weighted by atomic mass is 9.96. The van der Waals surface area contributed by atoms with E-state index in [0.717, 1.165) is 25.9 Å². The van der Waals surface area contributed by atoms with Gasteiger partial charge in [-0.3, -0.25) is 4.79 Å². The van der Waals surface area contributed by atoms with Gasteiger partial charge in [-0.1, -0.05) is 0 Å². The van der Waals surface area contributed by atoms with E-state index in [4.69, 9.17) is 4.74 Å². The molecule has 4 heteroatoms. The highest BCUT2D eigenvalue weighted by Crippen LogP contribution is 2.19. The molecule has 0 aromatic rings. The van der Waals surface area contributed by atoms with E-state index in [1.807, 2.05) is 6.92 Å². The second kappa shape index (κ2) is 6.08. The summed E-state index contributed by atoms with van der Waals surface area (Å²) in [6.07, 6.45) is 2.69. The second-order valence-electron chi connectivity index (χ2n) is 4.28. The van der Waals surface area contributed by atoms with Crippen LogP contribution in [-0.4, -0.2) is 37.7 Å². The van der Waals surface area contributed by atoms with E-state index in [-0.39, 0.29) is 11.5 Å². The molecule has 0 aliphatic carbocycles. The third-order valence-corrected chi connectivity index (χ3v) is 2.71. The van der Waals surface area contributed by atoms with Crippen molar-refractivity contribution in [3.8, 4) is 0 Å². The van der Waals surface area contributed by atoms with Gasteiger partial charge in [0.05, 0.1) is 12.2 Å². The first-order valence-electron chi connectivity index (χ1n) is 5.78. The summed E-state index contributed by atoms with van der Waals surface area (Å²) < 4.78 is 5.76. The number of carbonyl (C=O) groups is 1. The maximum absolute atomic E-state index is 11.2. The Kier molecular flexibility index (Phi) is 5.05. The molecular weight excluding hydrogens is 192 g/mol. The Hall–Kier alpha value is -0.610. The van der Waals surface area contributed by atoms with Gasteiger partial charge in [0.2, 0.25) is 5.91 Å². The van der Waals surface area contributed by atoms with Crippen LogP contribution < -0.4 is 10.6 Å². The molecule has 1 heterocycles. The highest BCUT2D eigenvalue weighted by molar-refractivity contribution is 5.75. The van der Waals surface area contributed by atoms with Gasteiger partial charge in [0.1, 0.15) is 0 Å². The maximum Gasteiger partial charge on any atom is 0.222 e. The largest absolute Gasteiger partial charge is 0.373 e. The van der Waals surface area contributed by atoms with Crippen molar-refractivity contribution in [2.75, 3.05) is 26.2 Å². The molecule has 1 aliphatic heterocycles. The summed E-state index contributed by atoms with van der Waals surface area (Å²) in [6.45, 7) is 7.21. The van der Waals surface area contributed by atoms with E-state index in [9.17, 15) is 4.79 Å². The van der Waals surface area contributed by atoms with Gasteiger partial charge >= 0.3 is 0 Å². The van der Waals surface area contributed by atoms with E-state index >= 15 is 0 Å². The van der Waals surface area contributed by atoms with Gasteiger partial charge in [0, 0.05) is 19.5 Å². The molecular formula is C11H22N2O2. The molecule has 15 heavy (non-hydrogen) atoms. The molecule has 0 aromatic carbocycles. The summed E-state index contributed by atoms with van der Waals surface area (Å²) in [5.41, 5.74) is -0.0786. The average Bonchev–Trinajstić information content (AvgIpc) is 2.19. The first-order valence-corrected chi connectivity index (χ1v) is 5.78. The van der Waals surface area contributed by atoms with Crippen LogP contribution in [0.4, 0.5) is 0 Å². The Morgan fingerprint density at radius 2 is 2.40 bits per heavy atom. The number of hydrogen-bond acceptors (Lipinski definition) is 3. The molecule has 0 bridgehead atoms. The van der Waals surface area contributed by atoms with Crippen molar-refractivity contribution >= 4 is 5.91 Å². The van der Waals surface area contributed by atoms with Crippen molar-refractivity contribution < 1.29 is 9.53 Å². The first-order chi connectivity index (χ1) is 7.16. The zero-order chi connectivity index (χ0) is 11.1. The fourth-order valence-electron chi connectivity index (χ4n) is 1.83. The van der Waals surface area contributed by atoms with Crippen LogP contribution in [0.2, 0.25) is 0 Å². The van der Waals surface area contributed by atoms with E-state index in [2.05, 4.69) is 17.6 Å². The number of carbonyl (C=O) groups excluding carboxylic acids is 1. The normalized spacial score (nSPS) is 26.3. The van der Waals surface area contributed by atoms with Crippen molar-refractivity contribution in [1.29, 1.82) is 0 Å². The van der Waals surface area contributed by atoms with Crippen LogP contribution in [0.1, 0.15) is 33.1 Å². The molecule has 1 aliphatic rings. The van der Waals surface area contributed by atoms with Crippen LogP contribution >= 0.6 is 0 Å². The number of nitrogens with one attached hydrogen (secondary N) is 2. The molecule has 1 saturated heterocycles. The third kappa shape index (κ3) is 4.62. The summed E-state index contributed by atoms with van der Waals surface area (Å²) in [7, 11) is 0. The molecule has 2 N–H and O–H groups in total. The molecule has 0 saturated carbocycles. The van der Waals surface area contributed by atoms with Gasteiger partial charge in [-0.05, 0) is 33.2 Å². The maximum atomic E-state index is 11.2. The smallest absolute Gasteiger partial charge is 0.222 e. The van der Waals surface area contributed by atoms with Crippen LogP contribution in [0.5, 0.6) is 0 Å². The summed E-state index contributed by atoms with van der Waals surface area (Å²) in [5.74, 6) is 0.0740. The molecule has 0 spiro atoms. The van der Waals surface area contributed by atoms with Gasteiger partial charge in [-0.15, -0.1) is 0 Å². The Morgan fingerprint density at radius 1 is 1.60 bits per heavy atom. The SMILES string of the molecule is CCNC(=O)CCOC1(C)CCCNC1. The number of piperidine rings is 1. The van der Waals surface area contributed by atoms with Crippen LogP contribution in [0.15, 0.2) is 0 Å². The third-order valence-electron chi connectivity index (χ3n) is 2.71. The first kappa shape index (κ1) is 12.5. The lowest BCUT2D eigenvalue weighted by molar-refractivity contribution is -0.124. The predicted molar refractivity (Wildman–Crippen MR) is 59.8 cm³/mol. The molecule has 88 valence electrons. The quantitative estimate of drug-likeness (QED) is 0.707. The van der Waals surface area contributed by atoms with Gasteiger partial charge in [-0.2, -0.15) is 0 Å². The van der Waals surface area contributed by atoms with E-state index in [1.54, 1.807) is 0 Å². The van der Waals surface area contributed by atoms with Crippen LogP contribution in [-0.2, 0) is 9.53 Å². The molecule has 0 aromatic heterocycles. The average molecular weight is 214 g/mol. The Labute approximate surface area is 91.8 Å². The molecule has 1 fully saturated rings. The highest BCUT2D eigenvalue weighted by Gasteiger charge is 2.27. The Balaban J connectivity index is 2.15. The molecule has 4 nitrogen and oxygen atoms in total. The molecule has 1 amide bonds. The number of hydrogen-bond donors (Lipinski definition) is 2. The molecule has 0 radical (unpaired) electrons. The topological polar surface area (TPSA) is 50.4 Å². The van der Waals surface area contributed by atoms with Crippen molar-refractivity contribution in [3.63, 3.8) is 0 Å². The van der Waals surface area contributed by atoms with Gasteiger partial charge in [-0.25, -0.2) is 0 Å². The Morgan fingerprint density at radius 3 is 3.00 bits per heavy atom. The summed E-state index contributed by atoms with van der Waals surface area (Å²) in [5, 5.41) is 6.07. The molecule has 1 unspecified atom stereocenters. The van der Waals surface area contributed by atoms with Crippen LogP contribution in [0.3, 0.4) is 0 Å². The minimum absolute atomic E-state index is 0.0740. The fourth-order valence-corrected chi connectivity index (χ4v) is 1.83. The summed E-state index contributed by atoms with van der Waals surface area (Å²) >= 11 is 0. The van der Waals surface area contributed by atoms with E-state index < -0.39 is 0 Å². The fraction of sp³-hybridized carbons (Fsp3) is 0.909. The zero-order valence-electron chi connectivity index (χ0n) is 9.77. The van der Waals surface area contributed by atoms with Crippen molar-refractivity contribution in [2.24, 2.45) is 0 Å². The lowest BCUT2D eigenvalue weighted by Gasteiger charge is -2.34. The van der Waals surface area contributed by atoms with Crippen molar-refractivity contribution in [1.82, 2.24) is 10.6 Å². The van der Waals surface area contributed by atoms with Crippen molar-refractivity contribution in [2.45, 2.75) is 38.7 Å². The number of ether oxygens (including phenoxy) is 1. The van der Waals surface area contributed by atoms with Gasteiger partial charge in [0.15, 0.2) is 0 Å². The number of amides is 1. The highest BCUT2D eigenvalue weighted by atomic mass is 16.5. The Bertz CT molecular complexity index is 201. The number of rotatable bonds is 5. The predicted octanol–water partition coefficient (Wildman–Crippen LogP) is 0.671. The molecule has 1 rings (SSSR count). The van der Waals surface area contributed by atoms with Crippen LogP contribution in [0.25, 0.3) is 0 Å². The van der Waals surface area contributed by atoms with Gasteiger partial charge in [0.25, 0.3) is 0 Å². The standard InChI is InChI=1S/C11H22N2O2/c1-3-13-10(14)5-8-15-11(2)6-4-7-12-9-11/h12H,3-9H2,1-2H3,(H,13,14). The second-order valence-corrected chi connectivity index (χ2v) is 4.28. The zero-order valence-corrected chi connectivity index (χ0v) is 9.77. The van der Waals surface area contributed by atoms with Crippen LogP contribution in [0, 0.1) is 0 Å². The summed E-state index contributed by atoms with van der Waals surface area (Å²) in [4.78, 5) is 11.2. The van der Waals surface area contributed by atoms with Gasteiger partial charge < -0.3 is 15.4 Å². The summed E-state index contributed by atoms with van der Waals surface area (Å²) in [6, 6.07) is 0. The van der Waals surface area contributed by atoms with Crippen molar-refractivity contribution in [3.05, 3.63) is 0 Å². The molecule has 1 atom stereocenters.